The standard InChI is InChI=1S/C23H31N3O3/c1-16(27)26-10-6-17(7-11-26)14-18-15-22(25-21-5-3-2-4-20(18)21)23(28)24-19-8-12-29-13-9-19/h6,15,19H,2-5,7-14H2,1H3,(H,24,28). The summed E-state index contributed by atoms with van der Waals surface area (Å²) in [5.74, 6) is 0.0700. The quantitative estimate of drug-likeness (QED) is 0.793. The number of amides is 2. The fourth-order valence-corrected chi connectivity index (χ4v) is 4.57. The molecule has 6 heteroatoms. The second kappa shape index (κ2) is 9.08. The monoisotopic (exact) mass is 397 g/mol. The Bertz CT molecular complexity index is 812. The van der Waals surface area contributed by atoms with E-state index in [-0.39, 0.29) is 17.9 Å². The van der Waals surface area contributed by atoms with Crippen molar-refractivity contribution in [2.45, 2.75) is 64.3 Å². The first-order chi connectivity index (χ1) is 14.1. The van der Waals surface area contributed by atoms with Crippen LogP contribution >= 0.6 is 0 Å². The molecule has 0 saturated carbocycles. The normalized spacial score (nSPS) is 20.0. The lowest BCUT2D eigenvalue weighted by molar-refractivity contribution is -0.128. The lowest BCUT2D eigenvalue weighted by atomic mass is 9.88. The Labute approximate surface area is 172 Å². The maximum atomic E-state index is 12.9. The number of aryl methyl sites for hydroxylation is 1. The van der Waals surface area contributed by atoms with E-state index in [1.807, 2.05) is 11.0 Å². The van der Waals surface area contributed by atoms with Crippen LogP contribution in [0.3, 0.4) is 0 Å². The molecule has 1 fully saturated rings. The molecular formula is C23H31N3O3. The smallest absolute Gasteiger partial charge is 0.270 e. The van der Waals surface area contributed by atoms with Gasteiger partial charge < -0.3 is 15.0 Å². The van der Waals surface area contributed by atoms with Crippen LogP contribution in [0.2, 0.25) is 0 Å². The fourth-order valence-electron chi connectivity index (χ4n) is 4.57. The first kappa shape index (κ1) is 20.1. The molecule has 0 unspecified atom stereocenters. The van der Waals surface area contributed by atoms with Crippen LogP contribution < -0.4 is 5.32 Å². The molecule has 1 aliphatic carbocycles. The van der Waals surface area contributed by atoms with Crippen molar-refractivity contribution in [2.24, 2.45) is 0 Å². The number of fused-ring (bicyclic) bond motifs is 1. The maximum Gasteiger partial charge on any atom is 0.270 e. The van der Waals surface area contributed by atoms with Gasteiger partial charge in [-0.05, 0) is 68.6 Å². The van der Waals surface area contributed by atoms with Crippen LogP contribution in [0.25, 0.3) is 0 Å². The van der Waals surface area contributed by atoms with Gasteiger partial charge in [-0.1, -0.05) is 11.6 Å². The van der Waals surface area contributed by atoms with Crippen molar-refractivity contribution in [3.8, 4) is 0 Å². The lowest BCUT2D eigenvalue weighted by Gasteiger charge is -2.27. The highest BCUT2D eigenvalue weighted by Crippen LogP contribution is 2.27. The van der Waals surface area contributed by atoms with Crippen molar-refractivity contribution in [3.05, 3.63) is 40.2 Å². The first-order valence-corrected chi connectivity index (χ1v) is 10.9. The van der Waals surface area contributed by atoms with E-state index in [1.54, 1.807) is 6.92 Å². The number of nitrogens with one attached hydrogen (secondary N) is 1. The molecule has 0 aromatic carbocycles. The molecule has 2 amide bonds. The van der Waals surface area contributed by atoms with Gasteiger partial charge in [-0.2, -0.15) is 0 Å². The highest BCUT2D eigenvalue weighted by molar-refractivity contribution is 5.92. The highest BCUT2D eigenvalue weighted by atomic mass is 16.5. The largest absolute Gasteiger partial charge is 0.381 e. The van der Waals surface area contributed by atoms with Crippen molar-refractivity contribution in [3.63, 3.8) is 0 Å². The minimum atomic E-state index is -0.0631. The molecule has 4 rings (SSSR count). The third kappa shape index (κ3) is 4.86. The topological polar surface area (TPSA) is 71.5 Å². The molecule has 1 aromatic rings. The van der Waals surface area contributed by atoms with Crippen LogP contribution in [0.5, 0.6) is 0 Å². The summed E-state index contributed by atoms with van der Waals surface area (Å²) in [7, 11) is 0. The van der Waals surface area contributed by atoms with Crippen molar-refractivity contribution in [1.29, 1.82) is 0 Å². The van der Waals surface area contributed by atoms with Gasteiger partial charge in [0.2, 0.25) is 5.91 Å². The van der Waals surface area contributed by atoms with Gasteiger partial charge in [0.15, 0.2) is 0 Å². The molecule has 3 heterocycles. The van der Waals surface area contributed by atoms with Crippen molar-refractivity contribution >= 4 is 11.8 Å². The van der Waals surface area contributed by atoms with Gasteiger partial charge in [-0.3, -0.25) is 9.59 Å². The molecule has 2 aliphatic heterocycles. The second-order valence-corrected chi connectivity index (χ2v) is 8.41. The minimum Gasteiger partial charge on any atom is -0.381 e. The summed E-state index contributed by atoms with van der Waals surface area (Å²) in [5.41, 5.74) is 5.60. The lowest BCUT2D eigenvalue weighted by Crippen LogP contribution is -2.39. The molecule has 0 spiro atoms. The summed E-state index contributed by atoms with van der Waals surface area (Å²) in [4.78, 5) is 31.1. The van der Waals surface area contributed by atoms with Gasteiger partial charge in [0.05, 0.1) is 0 Å². The Morgan fingerprint density at radius 3 is 2.72 bits per heavy atom. The van der Waals surface area contributed by atoms with Gasteiger partial charge in [-0.15, -0.1) is 0 Å². The summed E-state index contributed by atoms with van der Waals surface area (Å²) in [6.07, 6.45) is 10.0. The van der Waals surface area contributed by atoms with Crippen LogP contribution in [0, 0.1) is 0 Å². The molecule has 29 heavy (non-hydrogen) atoms. The zero-order chi connectivity index (χ0) is 20.2. The van der Waals surface area contributed by atoms with E-state index in [1.165, 1.54) is 23.1 Å². The number of carbonyl (C=O) groups is 2. The Kier molecular flexibility index (Phi) is 6.28. The van der Waals surface area contributed by atoms with Crippen molar-refractivity contribution in [2.75, 3.05) is 26.3 Å². The van der Waals surface area contributed by atoms with Gasteiger partial charge >= 0.3 is 0 Å². The maximum absolute atomic E-state index is 12.9. The Hall–Kier alpha value is -2.21. The van der Waals surface area contributed by atoms with E-state index in [4.69, 9.17) is 9.72 Å². The summed E-state index contributed by atoms with van der Waals surface area (Å²) >= 11 is 0. The van der Waals surface area contributed by atoms with Crippen LogP contribution in [0.1, 0.15) is 66.3 Å². The number of carbonyl (C=O) groups excluding carboxylic acids is 2. The first-order valence-electron chi connectivity index (χ1n) is 10.9. The van der Waals surface area contributed by atoms with Gasteiger partial charge in [0.25, 0.3) is 5.91 Å². The Morgan fingerprint density at radius 2 is 2.00 bits per heavy atom. The Morgan fingerprint density at radius 1 is 1.21 bits per heavy atom. The van der Waals surface area contributed by atoms with Crippen LogP contribution in [0.15, 0.2) is 17.7 Å². The van der Waals surface area contributed by atoms with E-state index < -0.39 is 0 Å². The van der Waals surface area contributed by atoms with Crippen molar-refractivity contribution in [1.82, 2.24) is 15.2 Å². The van der Waals surface area contributed by atoms with Crippen LogP contribution in [0.4, 0.5) is 0 Å². The van der Waals surface area contributed by atoms with E-state index in [9.17, 15) is 9.59 Å². The van der Waals surface area contributed by atoms with Gasteiger partial charge in [-0.25, -0.2) is 4.98 Å². The molecule has 6 nitrogen and oxygen atoms in total. The molecule has 156 valence electrons. The number of hydrogen-bond donors (Lipinski definition) is 1. The van der Waals surface area contributed by atoms with E-state index in [0.717, 1.165) is 57.2 Å². The molecule has 1 N–H and O–H groups in total. The number of pyridine rings is 1. The average molecular weight is 398 g/mol. The number of ether oxygens (including phenoxy) is 1. The third-order valence-corrected chi connectivity index (χ3v) is 6.35. The summed E-state index contributed by atoms with van der Waals surface area (Å²) in [5, 5.41) is 3.15. The molecule has 1 saturated heterocycles. The van der Waals surface area contributed by atoms with E-state index in [2.05, 4.69) is 11.4 Å². The van der Waals surface area contributed by atoms with E-state index in [0.29, 0.717) is 25.5 Å². The van der Waals surface area contributed by atoms with Crippen LogP contribution in [-0.2, 0) is 28.8 Å². The zero-order valence-corrected chi connectivity index (χ0v) is 17.3. The molecule has 0 bridgehead atoms. The number of hydrogen-bond acceptors (Lipinski definition) is 4. The zero-order valence-electron chi connectivity index (χ0n) is 17.3. The number of aromatic nitrogens is 1. The van der Waals surface area contributed by atoms with E-state index >= 15 is 0 Å². The van der Waals surface area contributed by atoms with Gasteiger partial charge in [0, 0.05) is 45.0 Å². The predicted molar refractivity (Wildman–Crippen MR) is 111 cm³/mol. The minimum absolute atomic E-state index is 0.0631. The number of rotatable bonds is 4. The molecule has 0 atom stereocenters. The van der Waals surface area contributed by atoms with Crippen molar-refractivity contribution < 1.29 is 14.3 Å². The fraction of sp³-hybridized carbons (Fsp3) is 0.609. The Balaban J connectivity index is 1.53. The van der Waals surface area contributed by atoms with Crippen LogP contribution in [-0.4, -0.2) is 54.0 Å². The van der Waals surface area contributed by atoms with Gasteiger partial charge in [0.1, 0.15) is 5.69 Å². The predicted octanol–water partition coefficient (Wildman–Crippen LogP) is 2.59. The molecule has 1 aromatic heterocycles. The summed E-state index contributed by atoms with van der Waals surface area (Å²) < 4.78 is 5.39. The number of nitrogens with zero attached hydrogens (tertiary/aromatic N) is 2. The average Bonchev–Trinajstić information content (AvgIpc) is 2.74. The highest BCUT2D eigenvalue weighted by Gasteiger charge is 2.23. The SMILES string of the molecule is CC(=O)N1CC=C(Cc2cc(C(=O)NC3CCOCC3)nc3c2CCCC3)CC1. The summed E-state index contributed by atoms with van der Waals surface area (Å²) in [6, 6.07) is 2.19. The molecular weight excluding hydrogens is 366 g/mol. The second-order valence-electron chi connectivity index (χ2n) is 8.41. The molecule has 0 radical (unpaired) electrons. The third-order valence-electron chi connectivity index (χ3n) is 6.35. The summed E-state index contributed by atoms with van der Waals surface area (Å²) in [6.45, 7) is 4.51. The molecule has 3 aliphatic rings.